The van der Waals surface area contributed by atoms with Crippen molar-refractivity contribution in [2.24, 2.45) is 0 Å². The Morgan fingerprint density at radius 2 is 2.32 bits per heavy atom. The van der Waals surface area contributed by atoms with E-state index in [-0.39, 0.29) is 11.9 Å². The largest absolute Gasteiger partial charge is 0.377 e. The van der Waals surface area contributed by atoms with Crippen LogP contribution in [0.15, 0.2) is 4.52 Å². The van der Waals surface area contributed by atoms with Gasteiger partial charge in [-0.15, -0.1) is 0 Å². The molecule has 2 aliphatic rings. The molecule has 0 aromatic carbocycles. The number of nitrogens with zero attached hydrogens (tertiary/aromatic N) is 4. The van der Waals surface area contributed by atoms with Crippen LogP contribution in [-0.4, -0.2) is 64.2 Å². The summed E-state index contributed by atoms with van der Waals surface area (Å²) in [5.74, 6) is 1.17. The quantitative estimate of drug-likeness (QED) is 0.807. The van der Waals surface area contributed by atoms with Crippen LogP contribution in [0.1, 0.15) is 37.9 Å². The molecule has 122 valence electrons. The van der Waals surface area contributed by atoms with Gasteiger partial charge in [-0.3, -0.25) is 9.69 Å². The van der Waals surface area contributed by atoms with Gasteiger partial charge in [0.1, 0.15) is 0 Å². The molecule has 0 radical (unpaired) electrons. The molecule has 3 heterocycles. The number of carbonyl (C=O) groups excluding carboxylic acids is 1. The molecule has 0 spiro atoms. The molecule has 0 N–H and O–H groups in total. The monoisotopic (exact) mass is 308 g/mol. The number of ether oxygens (including phenoxy) is 1. The fourth-order valence-corrected chi connectivity index (χ4v) is 3.36. The number of aromatic nitrogens is 2. The van der Waals surface area contributed by atoms with Crippen LogP contribution in [0, 0.1) is 6.92 Å². The van der Waals surface area contributed by atoms with Gasteiger partial charge < -0.3 is 14.2 Å². The number of likely N-dealkylation sites (tertiary alicyclic amines) is 1. The maximum absolute atomic E-state index is 12.0. The second-order valence-corrected chi connectivity index (χ2v) is 6.21. The third-order valence-electron chi connectivity index (χ3n) is 4.46. The molecule has 1 aromatic rings. The molecule has 0 aliphatic carbocycles. The third-order valence-corrected chi connectivity index (χ3v) is 4.46. The number of hydrogen-bond acceptors (Lipinski definition) is 6. The van der Waals surface area contributed by atoms with Crippen LogP contribution in [0.2, 0.25) is 0 Å². The van der Waals surface area contributed by atoms with Crippen molar-refractivity contribution < 1.29 is 14.1 Å². The zero-order valence-corrected chi connectivity index (χ0v) is 13.3. The molecule has 1 aromatic heterocycles. The third kappa shape index (κ3) is 3.64. The van der Waals surface area contributed by atoms with Gasteiger partial charge in [0.2, 0.25) is 11.8 Å². The Hall–Kier alpha value is -1.47. The molecule has 3 rings (SSSR count). The highest BCUT2D eigenvalue weighted by molar-refractivity contribution is 5.73. The van der Waals surface area contributed by atoms with Crippen molar-refractivity contribution in [2.45, 2.75) is 51.8 Å². The Balaban J connectivity index is 1.57. The highest BCUT2D eigenvalue weighted by Crippen LogP contribution is 2.21. The molecule has 2 atom stereocenters. The number of carbonyl (C=O) groups is 1. The highest BCUT2D eigenvalue weighted by atomic mass is 16.5. The molecule has 2 fully saturated rings. The first kappa shape index (κ1) is 15.4. The predicted octanol–water partition coefficient (Wildman–Crippen LogP) is 0.980. The topological polar surface area (TPSA) is 71.7 Å². The summed E-state index contributed by atoms with van der Waals surface area (Å²) in [5.41, 5.74) is 0. The van der Waals surface area contributed by atoms with Crippen molar-refractivity contribution in [1.82, 2.24) is 19.9 Å². The summed E-state index contributed by atoms with van der Waals surface area (Å²) >= 11 is 0. The summed E-state index contributed by atoms with van der Waals surface area (Å²) in [7, 11) is 0. The smallest absolute Gasteiger partial charge is 0.223 e. The molecular weight excluding hydrogens is 284 g/mol. The summed E-state index contributed by atoms with van der Waals surface area (Å²) in [4.78, 5) is 20.5. The first-order chi connectivity index (χ1) is 10.6. The van der Waals surface area contributed by atoms with Crippen molar-refractivity contribution in [3.63, 3.8) is 0 Å². The minimum Gasteiger partial charge on any atom is -0.377 e. The summed E-state index contributed by atoms with van der Waals surface area (Å²) in [6.07, 6.45) is 3.67. The van der Waals surface area contributed by atoms with Crippen LogP contribution >= 0.6 is 0 Å². The molecule has 7 nitrogen and oxygen atoms in total. The number of amides is 1. The van der Waals surface area contributed by atoms with Crippen molar-refractivity contribution in [1.29, 1.82) is 0 Å². The van der Waals surface area contributed by atoms with Crippen molar-refractivity contribution >= 4 is 5.91 Å². The Labute approximate surface area is 130 Å². The van der Waals surface area contributed by atoms with Gasteiger partial charge >= 0.3 is 0 Å². The molecule has 0 saturated carbocycles. The van der Waals surface area contributed by atoms with E-state index >= 15 is 0 Å². The van der Waals surface area contributed by atoms with Crippen molar-refractivity contribution in [3.05, 3.63) is 11.7 Å². The number of hydrogen-bond donors (Lipinski definition) is 0. The summed E-state index contributed by atoms with van der Waals surface area (Å²) in [6.45, 7) is 7.56. The van der Waals surface area contributed by atoms with E-state index in [0.29, 0.717) is 24.4 Å². The zero-order valence-electron chi connectivity index (χ0n) is 13.3. The summed E-state index contributed by atoms with van der Waals surface area (Å²) in [6, 6.07) is 0.220. The van der Waals surface area contributed by atoms with Crippen LogP contribution in [0.25, 0.3) is 0 Å². The van der Waals surface area contributed by atoms with Gasteiger partial charge in [0.25, 0.3) is 0 Å². The highest BCUT2D eigenvalue weighted by Gasteiger charge is 2.31. The van der Waals surface area contributed by atoms with E-state index in [4.69, 9.17) is 9.26 Å². The van der Waals surface area contributed by atoms with E-state index in [1.807, 2.05) is 4.90 Å². The lowest BCUT2D eigenvalue weighted by atomic mass is 10.2. The normalized spacial score (nSPS) is 25.7. The van der Waals surface area contributed by atoms with Crippen LogP contribution in [-0.2, 0) is 16.1 Å². The molecule has 7 heteroatoms. The minimum atomic E-state index is 0.0615. The Morgan fingerprint density at radius 3 is 2.95 bits per heavy atom. The van der Waals surface area contributed by atoms with Gasteiger partial charge in [0, 0.05) is 46.1 Å². The summed E-state index contributed by atoms with van der Waals surface area (Å²) < 4.78 is 10.7. The molecule has 0 unspecified atom stereocenters. The Bertz CT molecular complexity index is 513. The minimum absolute atomic E-state index is 0.0615. The molecule has 22 heavy (non-hydrogen) atoms. The van der Waals surface area contributed by atoms with Crippen LogP contribution in [0.4, 0.5) is 0 Å². The molecular formula is C15H24N4O3. The van der Waals surface area contributed by atoms with Crippen LogP contribution in [0.3, 0.4) is 0 Å². The zero-order chi connectivity index (χ0) is 15.5. The molecule has 2 saturated heterocycles. The van der Waals surface area contributed by atoms with Gasteiger partial charge in [0.05, 0.1) is 12.6 Å². The van der Waals surface area contributed by atoms with E-state index in [0.717, 1.165) is 39.1 Å². The lowest BCUT2D eigenvalue weighted by Gasteiger charge is -2.27. The first-order valence-electron chi connectivity index (χ1n) is 8.02. The van der Waals surface area contributed by atoms with Gasteiger partial charge in [-0.2, -0.15) is 4.98 Å². The lowest BCUT2D eigenvalue weighted by Crippen LogP contribution is -2.41. The maximum Gasteiger partial charge on any atom is 0.223 e. The standard InChI is InChI=1S/C15H24N4O3/c1-11-16-15(17-22-11)10-19(12(2)20)13-5-6-18(8-13)9-14-4-3-7-21-14/h13-14H,3-10H2,1-2H3/t13-,14+/m1/s1. The molecule has 2 aliphatic heterocycles. The van der Waals surface area contributed by atoms with E-state index in [1.54, 1.807) is 13.8 Å². The first-order valence-corrected chi connectivity index (χ1v) is 8.02. The van der Waals surface area contributed by atoms with Gasteiger partial charge in [-0.05, 0) is 19.3 Å². The maximum atomic E-state index is 12.0. The van der Waals surface area contributed by atoms with Crippen LogP contribution < -0.4 is 0 Å². The van der Waals surface area contributed by atoms with Crippen molar-refractivity contribution in [2.75, 3.05) is 26.2 Å². The number of rotatable bonds is 5. The average Bonchev–Trinajstić information content (AvgIpc) is 3.19. The van der Waals surface area contributed by atoms with Crippen LogP contribution in [0.5, 0.6) is 0 Å². The van der Waals surface area contributed by atoms with E-state index < -0.39 is 0 Å². The van der Waals surface area contributed by atoms with Crippen molar-refractivity contribution in [3.8, 4) is 0 Å². The van der Waals surface area contributed by atoms with E-state index in [2.05, 4.69) is 15.0 Å². The fraction of sp³-hybridized carbons (Fsp3) is 0.800. The number of aryl methyl sites for hydroxylation is 1. The molecule has 1 amide bonds. The van der Waals surface area contributed by atoms with Gasteiger partial charge in [-0.25, -0.2) is 0 Å². The Morgan fingerprint density at radius 1 is 1.45 bits per heavy atom. The Kier molecular flexibility index (Phi) is 4.73. The summed E-state index contributed by atoms with van der Waals surface area (Å²) in [5, 5.41) is 3.90. The molecule has 0 bridgehead atoms. The second kappa shape index (κ2) is 6.75. The SMILES string of the molecule is CC(=O)N(Cc1noc(C)n1)[C@@H]1CCN(C[C@@H]2CCCO2)C1. The lowest BCUT2D eigenvalue weighted by molar-refractivity contribution is -0.131. The van der Waals surface area contributed by atoms with Gasteiger partial charge in [-0.1, -0.05) is 5.16 Å². The van der Waals surface area contributed by atoms with E-state index in [9.17, 15) is 4.79 Å². The van der Waals surface area contributed by atoms with E-state index in [1.165, 1.54) is 6.42 Å². The van der Waals surface area contributed by atoms with Gasteiger partial charge in [0.15, 0.2) is 5.82 Å². The fourth-order valence-electron chi connectivity index (χ4n) is 3.36. The second-order valence-electron chi connectivity index (χ2n) is 6.21. The average molecular weight is 308 g/mol. The predicted molar refractivity (Wildman–Crippen MR) is 79.1 cm³/mol.